The number of furan rings is 1. The Kier molecular flexibility index (Phi) is 4.15. The minimum Gasteiger partial charge on any atom is -0.469 e. The molecular weight excluding hydrogens is 208 g/mol. The average Bonchev–Trinajstić information content (AvgIpc) is 2.50. The molecule has 0 amide bonds. The second-order valence-electron chi connectivity index (χ2n) is 3.96. The van der Waals surface area contributed by atoms with Gasteiger partial charge in [-0.25, -0.2) is 0 Å². The Morgan fingerprint density at radius 1 is 1.60 bits per heavy atom. The van der Waals surface area contributed by atoms with E-state index in [0.717, 1.165) is 17.4 Å². The van der Waals surface area contributed by atoms with Gasteiger partial charge in [0.25, 0.3) is 0 Å². The maximum Gasteiger partial charge on any atom is 0.169 e. The molecule has 1 rings (SSSR count). The monoisotopic (exact) mass is 226 g/mol. The number of thiocarbonyl (C=S) groups is 1. The molecule has 0 aliphatic heterocycles. The van der Waals surface area contributed by atoms with Crippen molar-refractivity contribution in [1.29, 1.82) is 0 Å². The normalized spacial score (nSPS) is 10.5. The number of nitrogens with zero attached hydrogens (tertiary/aromatic N) is 1. The zero-order valence-electron chi connectivity index (χ0n) is 9.70. The summed E-state index contributed by atoms with van der Waals surface area (Å²) in [6, 6.07) is 2.34. The molecule has 0 saturated carbocycles. The number of hydrogen-bond donors (Lipinski definition) is 1. The highest BCUT2D eigenvalue weighted by Gasteiger charge is 2.08. The Morgan fingerprint density at radius 3 is 2.73 bits per heavy atom. The van der Waals surface area contributed by atoms with E-state index in [1.165, 1.54) is 5.56 Å². The summed E-state index contributed by atoms with van der Waals surface area (Å²) in [5.74, 6) is 0.953. The molecule has 3 nitrogen and oxygen atoms in total. The van der Waals surface area contributed by atoms with E-state index in [4.69, 9.17) is 16.6 Å². The topological polar surface area (TPSA) is 28.4 Å². The van der Waals surface area contributed by atoms with Gasteiger partial charge in [-0.1, -0.05) is 0 Å². The van der Waals surface area contributed by atoms with Crippen LogP contribution >= 0.6 is 12.2 Å². The second kappa shape index (κ2) is 5.16. The number of rotatable bonds is 3. The van der Waals surface area contributed by atoms with E-state index in [1.807, 2.05) is 24.9 Å². The third-order valence-electron chi connectivity index (χ3n) is 2.13. The SMILES string of the molecule is Cc1occc1CN(C)C(=S)NC(C)C. The average molecular weight is 226 g/mol. The predicted molar refractivity (Wildman–Crippen MR) is 65.8 cm³/mol. The van der Waals surface area contributed by atoms with E-state index in [0.29, 0.717) is 6.04 Å². The highest BCUT2D eigenvalue weighted by molar-refractivity contribution is 7.80. The second-order valence-corrected chi connectivity index (χ2v) is 4.35. The molecule has 0 radical (unpaired) electrons. The van der Waals surface area contributed by atoms with Gasteiger partial charge in [-0.3, -0.25) is 0 Å². The molecule has 1 heterocycles. The van der Waals surface area contributed by atoms with Crippen LogP contribution in [0.15, 0.2) is 16.7 Å². The first kappa shape index (κ1) is 12.0. The van der Waals surface area contributed by atoms with Crippen molar-refractivity contribution in [2.24, 2.45) is 0 Å². The molecule has 1 N–H and O–H groups in total. The van der Waals surface area contributed by atoms with Gasteiger partial charge in [-0.15, -0.1) is 0 Å². The number of hydrogen-bond acceptors (Lipinski definition) is 2. The van der Waals surface area contributed by atoms with Crippen LogP contribution in [-0.4, -0.2) is 23.1 Å². The zero-order chi connectivity index (χ0) is 11.4. The zero-order valence-corrected chi connectivity index (χ0v) is 10.5. The van der Waals surface area contributed by atoms with Crippen molar-refractivity contribution in [2.75, 3.05) is 7.05 Å². The van der Waals surface area contributed by atoms with Crippen molar-refractivity contribution < 1.29 is 4.42 Å². The van der Waals surface area contributed by atoms with Crippen LogP contribution in [0.5, 0.6) is 0 Å². The van der Waals surface area contributed by atoms with Gasteiger partial charge in [0, 0.05) is 25.2 Å². The molecule has 0 saturated heterocycles. The predicted octanol–water partition coefficient (Wildman–Crippen LogP) is 2.30. The van der Waals surface area contributed by atoms with E-state index in [1.54, 1.807) is 6.26 Å². The quantitative estimate of drug-likeness (QED) is 0.801. The molecule has 0 aliphatic rings. The largest absolute Gasteiger partial charge is 0.469 e. The minimum atomic E-state index is 0.366. The molecule has 0 spiro atoms. The molecule has 0 aliphatic carbocycles. The third-order valence-corrected chi connectivity index (χ3v) is 2.56. The molecule has 84 valence electrons. The van der Waals surface area contributed by atoms with E-state index in [9.17, 15) is 0 Å². The highest BCUT2D eigenvalue weighted by atomic mass is 32.1. The molecule has 0 aromatic carbocycles. The van der Waals surface area contributed by atoms with Gasteiger partial charge in [0.1, 0.15) is 5.76 Å². The summed E-state index contributed by atoms with van der Waals surface area (Å²) in [7, 11) is 1.98. The standard InChI is InChI=1S/C11H18N2OS/c1-8(2)12-11(15)13(4)7-10-5-6-14-9(10)3/h5-6,8H,7H2,1-4H3,(H,12,15). The van der Waals surface area contributed by atoms with Crippen molar-refractivity contribution in [2.45, 2.75) is 33.4 Å². The maximum atomic E-state index is 5.25. The number of nitrogens with one attached hydrogen (secondary N) is 1. The van der Waals surface area contributed by atoms with Crippen molar-refractivity contribution in [3.63, 3.8) is 0 Å². The van der Waals surface area contributed by atoms with Gasteiger partial charge in [-0.05, 0) is 39.1 Å². The number of aryl methyl sites for hydroxylation is 1. The van der Waals surface area contributed by atoms with Crippen molar-refractivity contribution in [3.05, 3.63) is 23.7 Å². The van der Waals surface area contributed by atoms with Crippen LogP contribution in [0, 0.1) is 6.92 Å². The van der Waals surface area contributed by atoms with Gasteiger partial charge in [-0.2, -0.15) is 0 Å². The molecule has 0 bridgehead atoms. The van der Waals surface area contributed by atoms with E-state index in [2.05, 4.69) is 19.2 Å². The fourth-order valence-corrected chi connectivity index (χ4v) is 1.56. The molecule has 15 heavy (non-hydrogen) atoms. The summed E-state index contributed by atoms with van der Waals surface area (Å²) < 4.78 is 5.24. The van der Waals surface area contributed by atoms with E-state index >= 15 is 0 Å². The first-order chi connectivity index (χ1) is 7.00. The van der Waals surface area contributed by atoms with Crippen LogP contribution < -0.4 is 5.32 Å². The molecule has 1 aromatic rings. The van der Waals surface area contributed by atoms with E-state index in [-0.39, 0.29) is 0 Å². The third kappa shape index (κ3) is 3.55. The minimum absolute atomic E-state index is 0.366. The Labute approximate surface area is 96.4 Å². The fraction of sp³-hybridized carbons (Fsp3) is 0.545. The van der Waals surface area contributed by atoms with Crippen LogP contribution in [0.25, 0.3) is 0 Å². The van der Waals surface area contributed by atoms with Gasteiger partial charge in [0.2, 0.25) is 0 Å². The summed E-state index contributed by atoms with van der Waals surface area (Å²) >= 11 is 5.25. The lowest BCUT2D eigenvalue weighted by Crippen LogP contribution is -2.40. The van der Waals surface area contributed by atoms with Gasteiger partial charge in [0.05, 0.1) is 6.26 Å². The van der Waals surface area contributed by atoms with Gasteiger partial charge >= 0.3 is 0 Å². The summed E-state index contributed by atoms with van der Waals surface area (Å²) in [5.41, 5.74) is 1.17. The van der Waals surface area contributed by atoms with Crippen molar-refractivity contribution in [3.8, 4) is 0 Å². The van der Waals surface area contributed by atoms with Crippen LogP contribution in [0.2, 0.25) is 0 Å². The smallest absolute Gasteiger partial charge is 0.169 e. The van der Waals surface area contributed by atoms with Crippen LogP contribution in [0.4, 0.5) is 0 Å². The van der Waals surface area contributed by atoms with Crippen molar-refractivity contribution in [1.82, 2.24) is 10.2 Å². The lowest BCUT2D eigenvalue weighted by molar-refractivity contribution is 0.467. The van der Waals surface area contributed by atoms with Crippen LogP contribution in [-0.2, 0) is 6.54 Å². The molecular formula is C11H18N2OS. The summed E-state index contributed by atoms with van der Waals surface area (Å²) in [6.45, 7) is 6.88. The maximum absolute atomic E-state index is 5.25. The lowest BCUT2D eigenvalue weighted by atomic mass is 10.2. The lowest BCUT2D eigenvalue weighted by Gasteiger charge is -2.22. The van der Waals surface area contributed by atoms with Gasteiger partial charge < -0.3 is 14.6 Å². The Balaban J connectivity index is 2.52. The van der Waals surface area contributed by atoms with Crippen LogP contribution in [0.3, 0.4) is 0 Å². The summed E-state index contributed by atoms with van der Waals surface area (Å²) in [5, 5.41) is 3.97. The van der Waals surface area contributed by atoms with Crippen molar-refractivity contribution >= 4 is 17.3 Å². The van der Waals surface area contributed by atoms with Gasteiger partial charge in [0.15, 0.2) is 5.11 Å². The summed E-state index contributed by atoms with van der Waals surface area (Å²) in [6.07, 6.45) is 1.71. The van der Waals surface area contributed by atoms with Crippen LogP contribution in [0.1, 0.15) is 25.2 Å². The Morgan fingerprint density at radius 2 is 2.27 bits per heavy atom. The molecule has 1 aromatic heterocycles. The molecule has 0 unspecified atom stereocenters. The van der Waals surface area contributed by atoms with E-state index < -0.39 is 0 Å². The molecule has 0 fully saturated rings. The first-order valence-electron chi connectivity index (χ1n) is 5.05. The molecule has 4 heteroatoms. The Bertz CT molecular complexity index is 333. The molecule has 0 atom stereocenters. The highest BCUT2D eigenvalue weighted by Crippen LogP contribution is 2.10. The summed E-state index contributed by atoms with van der Waals surface area (Å²) in [4.78, 5) is 2.01. The Hall–Kier alpha value is -1.03. The fourth-order valence-electron chi connectivity index (χ4n) is 1.26. The first-order valence-corrected chi connectivity index (χ1v) is 5.46.